The number of halogens is 2. The van der Waals surface area contributed by atoms with E-state index in [2.05, 4.69) is 20.9 Å². The fourth-order valence-corrected chi connectivity index (χ4v) is 5.46. The molecule has 1 fully saturated rings. The molecule has 1 aliphatic heterocycles. The number of fused-ring (bicyclic) bond motifs is 3. The Morgan fingerprint density at radius 2 is 1.90 bits per heavy atom. The first-order valence-corrected chi connectivity index (χ1v) is 11.0. The highest BCUT2D eigenvalue weighted by atomic mass is 79.9. The van der Waals surface area contributed by atoms with E-state index in [4.69, 9.17) is 26.8 Å². The number of rotatable bonds is 4. The van der Waals surface area contributed by atoms with Gasteiger partial charge in [0.15, 0.2) is 11.2 Å². The van der Waals surface area contributed by atoms with Gasteiger partial charge in [0.05, 0.1) is 5.02 Å². The first kappa shape index (κ1) is 20.9. The first-order valence-electron chi connectivity index (χ1n) is 9.84. The van der Waals surface area contributed by atoms with E-state index in [1.165, 1.54) is 6.20 Å². The molecule has 2 unspecified atom stereocenters. The van der Waals surface area contributed by atoms with Crippen LogP contribution in [0.3, 0.4) is 0 Å². The number of nitrogens with zero attached hydrogens (tertiary/aromatic N) is 1. The van der Waals surface area contributed by atoms with Crippen LogP contribution in [0.2, 0.25) is 5.02 Å². The highest BCUT2D eigenvalue weighted by Crippen LogP contribution is 2.66. The number of benzene rings is 2. The Hall–Kier alpha value is -2.00. The van der Waals surface area contributed by atoms with Gasteiger partial charge in [-0.1, -0.05) is 70.0 Å². The molecule has 4 N–H and O–H groups in total. The van der Waals surface area contributed by atoms with Crippen molar-refractivity contribution in [3.63, 3.8) is 0 Å². The third kappa shape index (κ3) is 3.03. The van der Waals surface area contributed by atoms with E-state index in [1.807, 2.05) is 54.6 Å². The van der Waals surface area contributed by atoms with E-state index in [9.17, 15) is 10.2 Å². The molecule has 6 nitrogen and oxygen atoms in total. The zero-order valence-electron chi connectivity index (χ0n) is 16.3. The van der Waals surface area contributed by atoms with Gasteiger partial charge in [-0.05, 0) is 29.7 Å². The van der Waals surface area contributed by atoms with Gasteiger partial charge in [-0.3, -0.25) is 10.7 Å². The molecule has 1 saturated carbocycles. The maximum atomic E-state index is 12.4. The Morgan fingerprint density at radius 1 is 1.19 bits per heavy atom. The number of ether oxygens (including phenoxy) is 2. The molecule has 2 aliphatic rings. The number of aromatic nitrogens is 1. The molecule has 8 heteroatoms. The lowest BCUT2D eigenvalue weighted by atomic mass is 9.72. The smallest absolute Gasteiger partial charge is 0.211 e. The standard InChI is InChI=1S/C23H20BrClN2O4/c24-15-8-6-14(7-9-15)23-17(13-4-2-1-3-5-13)11-19(30-21(26)28)22(23,29)20-18(31-23)10-16(25)12-27-20/h1-10,12,17,19,21,28-29H,11,26H2/t17-,19?,21?,22+,23-/m0/s1. The zero-order chi connectivity index (χ0) is 21.8. The second-order valence-corrected chi connectivity index (χ2v) is 9.18. The largest absolute Gasteiger partial charge is 0.476 e. The maximum Gasteiger partial charge on any atom is 0.211 e. The van der Waals surface area contributed by atoms with Crippen LogP contribution in [0.4, 0.5) is 0 Å². The zero-order valence-corrected chi connectivity index (χ0v) is 18.6. The fourth-order valence-electron chi connectivity index (χ4n) is 5.05. The van der Waals surface area contributed by atoms with Crippen LogP contribution in [0.25, 0.3) is 0 Å². The molecule has 2 heterocycles. The summed E-state index contributed by atoms with van der Waals surface area (Å²) < 4.78 is 13.1. The van der Waals surface area contributed by atoms with Gasteiger partial charge in [0.1, 0.15) is 17.5 Å². The van der Waals surface area contributed by atoms with E-state index in [1.54, 1.807) is 6.07 Å². The molecule has 1 aliphatic carbocycles. The van der Waals surface area contributed by atoms with Crippen molar-refractivity contribution in [2.24, 2.45) is 5.73 Å². The highest BCUT2D eigenvalue weighted by Gasteiger charge is 2.74. The van der Waals surface area contributed by atoms with Crippen LogP contribution in [-0.2, 0) is 15.9 Å². The average molecular weight is 504 g/mol. The molecule has 0 spiro atoms. The third-order valence-corrected chi connectivity index (χ3v) is 6.94. The number of pyridine rings is 1. The summed E-state index contributed by atoms with van der Waals surface area (Å²) in [5, 5.41) is 22.6. The summed E-state index contributed by atoms with van der Waals surface area (Å²) in [5.74, 6) is 0.0512. The lowest BCUT2D eigenvalue weighted by molar-refractivity contribution is -0.215. The van der Waals surface area contributed by atoms with Crippen molar-refractivity contribution in [2.45, 2.75) is 36.1 Å². The third-order valence-electron chi connectivity index (χ3n) is 6.20. The van der Waals surface area contributed by atoms with E-state index in [0.29, 0.717) is 22.9 Å². The molecule has 5 rings (SSSR count). The lowest BCUT2D eigenvalue weighted by Crippen LogP contribution is -2.53. The summed E-state index contributed by atoms with van der Waals surface area (Å²) in [4.78, 5) is 4.43. The second kappa shape index (κ2) is 7.55. The van der Waals surface area contributed by atoms with Gasteiger partial charge in [-0.25, -0.2) is 0 Å². The summed E-state index contributed by atoms with van der Waals surface area (Å²) in [7, 11) is 0. The molecule has 5 atom stereocenters. The van der Waals surface area contributed by atoms with Crippen LogP contribution in [0.15, 0.2) is 71.3 Å². The number of hydrogen-bond donors (Lipinski definition) is 3. The second-order valence-electron chi connectivity index (χ2n) is 7.83. The number of aliphatic hydroxyl groups is 2. The summed E-state index contributed by atoms with van der Waals surface area (Å²) in [6.07, 6.45) is -0.626. The topological polar surface area (TPSA) is 97.8 Å². The van der Waals surface area contributed by atoms with Crippen LogP contribution in [0.1, 0.15) is 29.2 Å². The molecule has 3 aromatic rings. The predicted molar refractivity (Wildman–Crippen MR) is 118 cm³/mol. The predicted octanol–water partition coefficient (Wildman–Crippen LogP) is 3.78. The minimum atomic E-state index is -1.72. The van der Waals surface area contributed by atoms with Gasteiger partial charge >= 0.3 is 0 Å². The van der Waals surface area contributed by atoms with Crippen molar-refractivity contribution >= 4 is 27.5 Å². The van der Waals surface area contributed by atoms with Gasteiger partial charge in [-0.2, -0.15) is 0 Å². The lowest BCUT2D eigenvalue weighted by Gasteiger charge is -2.41. The Bertz CT molecular complexity index is 1110. The Labute approximate surface area is 192 Å². The summed E-state index contributed by atoms with van der Waals surface area (Å²) in [5.41, 5.74) is 4.60. The van der Waals surface area contributed by atoms with Gasteiger partial charge in [0.25, 0.3) is 0 Å². The normalized spacial score (nSPS) is 29.8. The monoisotopic (exact) mass is 502 g/mol. The summed E-state index contributed by atoms with van der Waals surface area (Å²) in [6.45, 7) is 0. The molecule has 0 bridgehead atoms. The summed E-state index contributed by atoms with van der Waals surface area (Å²) in [6, 6.07) is 19.0. The molecule has 0 radical (unpaired) electrons. The molecule has 31 heavy (non-hydrogen) atoms. The molecule has 0 amide bonds. The van der Waals surface area contributed by atoms with Crippen molar-refractivity contribution in [3.8, 4) is 5.75 Å². The van der Waals surface area contributed by atoms with Gasteiger partial charge < -0.3 is 19.7 Å². The van der Waals surface area contributed by atoms with Gasteiger partial charge in [-0.15, -0.1) is 0 Å². The van der Waals surface area contributed by atoms with Crippen LogP contribution in [0.5, 0.6) is 5.75 Å². The van der Waals surface area contributed by atoms with Crippen molar-refractivity contribution in [2.75, 3.05) is 0 Å². The molecular formula is C23H20BrClN2O4. The first-order chi connectivity index (χ1) is 14.9. The molecule has 160 valence electrons. The van der Waals surface area contributed by atoms with Crippen molar-refractivity contribution in [3.05, 3.63) is 93.2 Å². The molecule has 1 aromatic heterocycles. The Morgan fingerprint density at radius 3 is 2.58 bits per heavy atom. The van der Waals surface area contributed by atoms with Crippen LogP contribution < -0.4 is 10.5 Å². The quantitative estimate of drug-likeness (QED) is 0.469. The van der Waals surface area contributed by atoms with Gasteiger partial charge in [0, 0.05) is 22.7 Å². The van der Waals surface area contributed by atoms with E-state index in [0.717, 1.165) is 15.6 Å². The Balaban J connectivity index is 1.80. The molecular weight excluding hydrogens is 484 g/mol. The minimum absolute atomic E-state index is 0.309. The van der Waals surface area contributed by atoms with Crippen molar-refractivity contribution < 1.29 is 19.7 Å². The minimum Gasteiger partial charge on any atom is -0.476 e. The number of hydrogen-bond acceptors (Lipinski definition) is 6. The Kier molecular flexibility index (Phi) is 5.08. The molecule has 2 aromatic carbocycles. The van der Waals surface area contributed by atoms with Crippen LogP contribution >= 0.6 is 27.5 Å². The van der Waals surface area contributed by atoms with E-state index >= 15 is 0 Å². The van der Waals surface area contributed by atoms with Crippen molar-refractivity contribution in [1.29, 1.82) is 0 Å². The SMILES string of the molecule is NC(O)OC1C[C@@H](c2ccccc2)[C@]2(c3ccc(Br)cc3)Oc3cc(Cl)cnc3[C@]12O. The van der Waals surface area contributed by atoms with Crippen molar-refractivity contribution in [1.82, 2.24) is 4.98 Å². The van der Waals surface area contributed by atoms with E-state index in [-0.39, 0.29) is 5.92 Å². The number of aliphatic hydroxyl groups excluding tert-OH is 1. The highest BCUT2D eigenvalue weighted by molar-refractivity contribution is 9.10. The maximum absolute atomic E-state index is 12.4. The van der Waals surface area contributed by atoms with Crippen LogP contribution in [-0.4, -0.2) is 27.7 Å². The number of nitrogens with two attached hydrogens (primary N) is 1. The van der Waals surface area contributed by atoms with E-state index < -0.39 is 23.7 Å². The fraction of sp³-hybridized carbons (Fsp3) is 0.261. The van der Waals surface area contributed by atoms with Gasteiger partial charge in [0.2, 0.25) is 6.41 Å². The average Bonchev–Trinajstić information content (AvgIpc) is 3.14. The van der Waals surface area contributed by atoms with Crippen LogP contribution in [0, 0.1) is 0 Å². The molecule has 0 saturated heterocycles. The summed E-state index contributed by atoms with van der Waals surface area (Å²) >= 11 is 9.66.